The Bertz CT molecular complexity index is 251. The van der Waals surface area contributed by atoms with Crippen LogP contribution in [0.25, 0.3) is 0 Å². The number of nitrogens with two attached hydrogens (primary N) is 1. The zero-order valence-corrected chi connectivity index (χ0v) is 10.3. The predicted molar refractivity (Wildman–Crippen MR) is 65.1 cm³/mol. The van der Waals surface area contributed by atoms with Crippen molar-refractivity contribution in [1.29, 1.82) is 0 Å². The Morgan fingerprint density at radius 1 is 1.60 bits per heavy atom. The van der Waals surface area contributed by atoms with Gasteiger partial charge in [0.15, 0.2) is 0 Å². The van der Waals surface area contributed by atoms with E-state index in [9.17, 15) is 0 Å². The van der Waals surface area contributed by atoms with E-state index >= 15 is 0 Å². The Labute approximate surface area is 95.8 Å². The molecular formula is C11H20N2OS. The van der Waals surface area contributed by atoms with Crippen LogP contribution >= 0.6 is 11.3 Å². The molecule has 1 heterocycles. The van der Waals surface area contributed by atoms with Crippen LogP contribution in [0.4, 0.5) is 0 Å². The van der Waals surface area contributed by atoms with E-state index in [0.717, 1.165) is 19.7 Å². The maximum absolute atomic E-state index is 5.63. The first-order valence-electron chi connectivity index (χ1n) is 5.28. The summed E-state index contributed by atoms with van der Waals surface area (Å²) in [5, 5.41) is 2.10. The number of likely N-dealkylation sites (N-methyl/N-ethyl adjacent to an activating group) is 1. The van der Waals surface area contributed by atoms with E-state index in [1.165, 1.54) is 4.88 Å². The Balaban J connectivity index is 2.30. The highest BCUT2D eigenvalue weighted by molar-refractivity contribution is 7.09. The van der Waals surface area contributed by atoms with E-state index in [0.29, 0.717) is 6.54 Å². The first-order valence-corrected chi connectivity index (χ1v) is 6.16. The molecule has 0 saturated carbocycles. The molecule has 15 heavy (non-hydrogen) atoms. The van der Waals surface area contributed by atoms with Crippen LogP contribution in [0.5, 0.6) is 0 Å². The molecule has 3 nitrogen and oxygen atoms in total. The molecule has 0 amide bonds. The van der Waals surface area contributed by atoms with Crippen molar-refractivity contribution in [3.05, 3.63) is 22.4 Å². The summed E-state index contributed by atoms with van der Waals surface area (Å²) >= 11 is 1.79. The Hall–Kier alpha value is -0.420. The van der Waals surface area contributed by atoms with Crippen molar-refractivity contribution in [1.82, 2.24) is 4.90 Å². The number of ether oxygens (including phenoxy) is 1. The number of rotatable bonds is 7. The molecule has 0 aliphatic heterocycles. The van der Waals surface area contributed by atoms with Crippen molar-refractivity contribution >= 4 is 11.3 Å². The van der Waals surface area contributed by atoms with Crippen LogP contribution in [-0.2, 0) is 11.3 Å². The Kier molecular flexibility index (Phi) is 5.86. The lowest BCUT2D eigenvalue weighted by Gasteiger charge is -2.22. The molecule has 0 aromatic carbocycles. The molecule has 0 radical (unpaired) electrons. The van der Waals surface area contributed by atoms with Crippen molar-refractivity contribution in [2.45, 2.75) is 19.6 Å². The maximum Gasteiger partial charge on any atom is 0.0823 e. The van der Waals surface area contributed by atoms with Gasteiger partial charge in [-0.15, -0.1) is 11.3 Å². The largest absolute Gasteiger partial charge is 0.376 e. The van der Waals surface area contributed by atoms with Crippen LogP contribution in [-0.4, -0.2) is 37.7 Å². The van der Waals surface area contributed by atoms with E-state index < -0.39 is 0 Å². The zero-order valence-electron chi connectivity index (χ0n) is 9.48. The molecular weight excluding hydrogens is 208 g/mol. The van der Waals surface area contributed by atoms with E-state index in [2.05, 4.69) is 29.5 Å². The first kappa shape index (κ1) is 12.6. The molecule has 1 aromatic rings. The average Bonchev–Trinajstić information content (AvgIpc) is 2.69. The third-order valence-electron chi connectivity index (χ3n) is 2.19. The summed E-state index contributed by atoms with van der Waals surface area (Å²) in [6, 6.07) is 4.23. The highest BCUT2D eigenvalue weighted by atomic mass is 32.1. The van der Waals surface area contributed by atoms with Crippen molar-refractivity contribution in [3.63, 3.8) is 0 Å². The first-order chi connectivity index (χ1) is 7.26. The average molecular weight is 228 g/mol. The van der Waals surface area contributed by atoms with Gasteiger partial charge in [-0.3, -0.25) is 4.90 Å². The van der Waals surface area contributed by atoms with Gasteiger partial charge in [-0.2, -0.15) is 0 Å². The minimum Gasteiger partial charge on any atom is -0.376 e. The second-order valence-corrected chi connectivity index (χ2v) is 4.62. The molecule has 0 aliphatic rings. The van der Waals surface area contributed by atoms with Gasteiger partial charge in [0, 0.05) is 31.1 Å². The number of hydrogen-bond donors (Lipinski definition) is 1. The highest BCUT2D eigenvalue weighted by Crippen LogP contribution is 2.11. The van der Waals surface area contributed by atoms with Crippen LogP contribution in [0.15, 0.2) is 17.5 Å². The molecule has 0 spiro atoms. The molecule has 2 N–H and O–H groups in total. The van der Waals surface area contributed by atoms with E-state index in [-0.39, 0.29) is 6.10 Å². The van der Waals surface area contributed by atoms with Crippen LogP contribution in [0.2, 0.25) is 0 Å². The quantitative estimate of drug-likeness (QED) is 0.769. The molecule has 1 rings (SSSR count). The predicted octanol–water partition coefficient (Wildman–Crippen LogP) is 1.54. The third-order valence-corrected chi connectivity index (χ3v) is 3.05. The summed E-state index contributed by atoms with van der Waals surface area (Å²) in [7, 11) is 2.10. The second-order valence-electron chi connectivity index (χ2n) is 3.59. The summed E-state index contributed by atoms with van der Waals surface area (Å²) < 4.78 is 5.52. The molecule has 4 heteroatoms. The molecule has 0 saturated heterocycles. The standard InChI is InChI=1S/C11H20N2OS/c1-3-14-10(7-12)8-13(2)9-11-5-4-6-15-11/h4-6,10H,3,7-9,12H2,1-2H3. The van der Waals surface area contributed by atoms with Gasteiger partial charge >= 0.3 is 0 Å². The zero-order chi connectivity index (χ0) is 11.1. The minimum atomic E-state index is 0.153. The van der Waals surface area contributed by atoms with Gasteiger partial charge in [0.05, 0.1) is 6.10 Å². The van der Waals surface area contributed by atoms with Gasteiger partial charge in [0.2, 0.25) is 0 Å². The molecule has 1 aromatic heterocycles. The molecule has 0 fully saturated rings. The molecule has 1 unspecified atom stereocenters. The van der Waals surface area contributed by atoms with Crippen molar-refractivity contribution in [3.8, 4) is 0 Å². The smallest absolute Gasteiger partial charge is 0.0823 e. The van der Waals surface area contributed by atoms with Gasteiger partial charge in [0.1, 0.15) is 0 Å². The third kappa shape index (κ3) is 4.75. The van der Waals surface area contributed by atoms with Crippen LogP contribution in [0.3, 0.4) is 0 Å². The van der Waals surface area contributed by atoms with Crippen molar-refractivity contribution < 1.29 is 4.74 Å². The summed E-state index contributed by atoms with van der Waals surface area (Å²) in [5.41, 5.74) is 5.63. The van der Waals surface area contributed by atoms with Crippen molar-refractivity contribution in [2.24, 2.45) is 5.73 Å². The monoisotopic (exact) mass is 228 g/mol. The number of nitrogens with zero attached hydrogens (tertiary/aromatic N) is 1. The summed E-state index contributed by atoms with van der Waals surface area (Å²) in [4.78, 5) is 3.63. The van der Waals surface area contributed by atoms with Crippen LogP contribution in [0.1, 0.15) is 11.8 Å². The Morgan fingerprint density at radius 2 is 2.40 bits per heavy atom. The fraction of sp³-hybridized carbons (Fsp3) is 0.636. The van der Waals surface area contributed by atoms with Gasteiger partial charge in [-0.1, -0.05) is 6.07 Å². The van der Waals surface area contributed by atoms with Gasteiger partial charge < -0.3 is 10.5 Å². The Morgan fingerprint density at radius 3 is 2.93 bits per heavy atom. The van der Waals surface area contributed by atoms with Gasteiger partial charge in [0.25, 0.3) is 0 Å². The molecule has 86 valence electrons. The van der Waals surface area contributed by atoms with Gasteiger partial charge in [-0.25, -0.2) is 0 Å². The topological polar surface area (TPSA) is 38.5 Å². The maximum atomic E-state index is 5.63. The van der Waals surface area contributed by atoms with Gasteiger partial charge in [-0.05, 0) is 25.4 Å². The normalized spacial score (nSPS) is 13.3. The lowest BCUT2D eigenvalue weighted by molar-refractivity contribution is 0.0439. The number of hydrogen-bond acceptors (Lipinski definition) is 4. The minimum absolute atomic E-state index is 0.153. The van der Waals surface area contributed by atoms with E-state index in [1.807, 2.05) is 6.92 Å². The van der Waals surface area contributed by atoms with E-state index in [1.54, 1.807) is 11.3 Å². The summed E-state index contributed by atoms with van der Waals surface area (Å²) in [5.74, 6) is 0. The number of thiophene rings is 1. The lowest BCUT2D eigenvalue weighted by Crippen LogP contribution is -2.35. The second kappa shape index (κ2) is 6.95. The molecule has 1 atom stereocenters. The van der Waals surface area contributed by atoms with Crippen LogP contribution < -0.4 is 5.73 Å². The van der Waals surface area contributed by atoms with Crippen molar-refractivity contribution in [2.75, 3.05) is 26.7 Å². The SMILES string of the molecule is CCOC(CN)CN(C)Cc1cccs1. The van der Waals surface area contributed by atoms with E-state index in [4.69, 9.17) is 10.5 Å². The summed E-state index contributed by atoms with van der Waals surface area (Å²) in [6.45, 7) is 5.18. The fourth-order valence-corrected chi connectivity index (χ4v) is 2.30. The fourth-order valence-electron chi connectivity index (χ4n) is 1.51. The summed E-state index contributed by atoms with van der Waals surface area (Å²) in [6.07, 6.45) is 0.153. The highest BCUT2D eigenvalue weighted by Gasteiger charge is 2.10. The molecule has 0 bridgehead atoms. The lowest BCUT2D eigenvalue weighted by atomic mass is 10.3. The molecule has 0 aliphatic carbocycles. The van der Waals surface area contributed by atoms with Crippen LogP contribution in [0, 0.1) is 0 Å².